The maximum absolute atomic E-state index is 2.53. The molecule has 1 aliphatic carbocycles. The highest BCUT2D eigenvalue weighted by Gasteiger charge is 2.45. The van der Waals surface area contributed by atoms with Gasteiger partial charge in [-0.05, 0) is 126 Å². The molecule has 262 valence electrons. The molecule has 2 aliphatic heterocycles. The highest BCUT2D eigenvalue weighted by Crippen LogP contribution is 2.51. The maximum Gasteiger partial charge on any atom is 0.253 e. The average molecular weight is 713 g/mol. The lowest BCUT2D eigenvalue weighted by Crippen LogP contribution is -2.61. The number of fused-ring (bicyclic) bond motifs is 11. The number of benzene rings is 9. The van der Waals surface area contributed by atoms with E-state index in [1.807, 2.05) is 0 Å². The fourth-order valence-corrected chi connectivity index (χ4v) is 10.3. The van der Waals surface area contributed by atoms with Crippen LogP contribution in [-0.2, 0) is 5.41 Å². The van der Waals surface area contributed by atoms with E-state index in [9.17, 15) is 0 Å². The number of rotatable bonds is 3. The standard InChI is InChI=1S/C53H37BN2/c1-53(2)44-24-14-13-23-42(44)43-31-36(25-28-45(43)53)37-32-48-52-49(33-37)56(39-19-7-4-8-20-39)47-30-27-35-16-10-12-22-41(35)51(47)54(52)50-40-21-11-9-15-34(40)26-29-46(50)55(48)38-17-5-3-6-18-38/h3-33H,1-2H3. The zero-order valence-electron chi connectivity index (χ0n) is 31.4. The van der Waals surface area contributed by atoms with Crippen LogP contribution < -0.4 is 26.2 Å². The van der Waals surface area contributed by atoms with Gasteiger partial charge in [-0.1, -0.05) is 147 Å². The summed E-state index contributed by atoms with van der Waals surface area (Å²) in [5.74, 6) is 0. The van der Waals surface area contributed by atoms with Crippen LogP contribution in [0, 0.1) is 0 Å². The zero-order chi connectivity index (χ0) is 37.1. The van der Waals surface area contributed by atoms with Crippen molar-refractivity contribution in [3.05, 3.63) is 199 Å². The molecule has 2 nitrogen and oxygen atoms in total. The van der Waals surface area contributed by atoms with E-state index in [0.717, 1.165) is 11.4 Å². The number of nitrogens with zero attached hydrogens (tertiary/aromatic N) is 2. The van der Waals surface area contributed by atoms with E-state index in [-0.39, 0.29) is 12.1 Å². The molecule has 0 spiro atoms. The molecule has 0 unspecified atom stereocenters. The van der Waals surface area contributed by atoms with Crippen molar-refractivity contribution in [2.45, 2.75) is 19.3 Å². The second kappa shape index (κ2) is 11.6. The molecule has 0 aromatic heterocycles. The molecular weight excluding hydrogens is 675 g/mol. The van der Waals surface area contributed by atoms with Crippen molar-refractivity contribution in [2.24, 2.45) is 0 Å². The summed E-state index contributed by atoms with van der Waals surface area (Å²) in [6.07, 6.45) is 0. The van der Waals surface area contributed by atoms with E-state index in [1.165, 1.54) is 94.1 Å². The van der Waals surface area contributed by atoms with Crippen molar-refractivity contribution in [1.29, 1.82) is 0 Å². The van der Waals surface area contributed by atoms with Crippen molar-refractivity contribution in [2.75, 3.05) is 9.80 Å². The Morgan fingerprint density at radius 3 is 1.46 bits per heavy atom. The lowest BCUT2D eigenvalue weighted by atomic mass is 9.32. The van der Waals surface area contributed by atoms with Crippen molar-refractivity contribution in [3.8, 4) is 22.3 Å². The van der Waals surface area contributed by atoms with Gasteiger partial charge in [0.2, 0.25) is 0 Å². The Bertz CT molecular complexity index is 2920. The smallest absolute Gasteiger partial charge is 0.253 e. The minimum atomic E-state index is -0.0489. The van der Waals surface area contributed by atoms with Gasteiger partial charge in [-0.2, -0.15) is 0 Å². The van der Waals surface area contributed by atoms with Crippen molar-refractivity contribution >= 4 is 78.8 Å². The van der Waals surface area contributed by atoms with Gasteiger partial charge in [0.05, 0.1) is 0 Å². The van der Waals surface area contributed by atoms with Crippen LogP contribution in [0.5, 0.6) is 0 Å². The van der Waals surface area contributed by atoms with Crippen molar-refractivity contribution < 1.29 is 0 Å². The number of para-hydroxylation sites is 2. The van der Waals surface area contributed by atoms with E-state index in [2.05, 4.69) is 212 Å². The van der Waals surface area contributed by atoms with E-state index < -0.39 is 0 Å². The van der Waals surface area contributed by atoms with Crippen molar-refractivity contribution in [3.63, 3.8) is 0 Å². The lowest BCUT2D eigenvalue weighted by molar-refractivity contribution is 0.660. The topological polar surface area (TPSA) is 6.48 Å². The predicted molar refractivity (Wildman–Crippen MR) is 238 cm³/mol. The number of hydrogen-bond acceptors (Lipinski definition) is 2. The molecule has 9 aromatic carbocycles. The molecule has 0 atom stereocenters. The van der Waals surface area contributed by atoms with Gasteiger partial charge in [-0.3, -0.25) is 0 Å². The highest BCUT2D eigenvalue weighted by atomic mass is 15.2. The molecule has 56 heavy (non-hydrogen) atoms. The first-order chi connectivity index (χ1) is 27.6. The Hall–Kier alpha value is -6.84. The predicted octanol–water partition coefficient (Wildman–Crippen LogP) is 12.0. The third-order valence-electron chi connectivity index (χ3n) is 12.8. The quantitative estimate of drug-likeness (QED) is 0.168. The van der Waals surface area contributed by atoms with E-state index in [1.54, 1.807) is 0 Å². The lowest BCUT2D eigenvalue weighted by Gasteiger charge is -2.45. The summed E-state index contributed by atoms with van der Waals surface area (Å²) in [7, 11) is 0. The molecule has 0 amide bonds. The van der Waals surface area contributed by atoms with Crippen LogP contribution in [-0.4, -0.2) is 6.71 Å². The minimum absolute atomic E-state index is 0.00358. The minimum Gasteiger partial charge on any atom is -0.311 e. The number of anilines is 6. The third-order valence-corrected chi connectivity index (χ3v) is 12.8. The molecule has 0 fully saturated rings. The zero-order valence-corrected chi connectivity index (χ0v) is 31.4. The maximum atomic E-state index is 2.53. The van der Waals surface area contributed by atoms with Gasteiger partial charge in [-0.25, -0.2) is 0 Å². The molecule has 0 radical (unpaired) electrons. The molecule has 0 N–H and O–H groups in total. The first kappa shape index (κ1) is 31.5. The molecule has 0 saturated heterocycles. The van der Waals surface area contributed by atoms with Crippen LogP contribution in [0.2, 0.25) is 0 Å². The first-order valence-corrected chi connectivity index (χ1v) is 19.7. The van der Waals surface area contributed by atoms with Gasteiger partial charge in [0.15, 0.2) is 0 Å². The summed E-state index contributed by atoms with van der Waals surface area (Å²) in [6, 6.07) is 70.3. The summed E-state index contributed by atoms with van der Waals surface area (Å²) in [4.78, 5) is 5.07. The van der Waals surface area contributed by atoms with Gasteiger partial charge in [-0.15, -0.1) is 0 Å². The molecular formula is C53H37BN2. The Morgan fingerprint density at radius 2 is 0.875 bits per heavy atom. The first-order valence-electron chi connectivity index (χ1n) is 19.7. The van der Waals surface area contributed by atoms with Crippen LogP contribution in [0.1, 0.15) is 25.0 Å². The van der Waals surface area contributed by atoms with E-state index in [0.29, 0.717) is 0 Å². The second-order valence-electron chi connectivity index (χ2n) is 16.1. The summed E-state index contributed by atoms with van der Waals surface area (Å²) in [5.41, 5.74) is 19.1. The number of hydrogen-bond donors (Lipinski definition) is 0. The van der Waals surface area contributed by atoms with Gasteiger partial charge in [0.1, 0.15) is 0 Å². The van der Waals surface area contributed by atoms with Crippen LogP contribution >= 0.6 is 0 Å². The van der Waals surface area contributed by atoms with Crippen LogP contribution in [0.15, 0.2) is 188 Å². The summed E-state index contributed by atoms with van der Waals surface area (Å²) in [5, 5.41) is 5.11. The van der Waals surface area contributed by atoms with Gasteiger partial charge in [0, 0.05) is 39.5 Å². The SMILES string of the molecule is CC1(C)c2ccccc2-c2cc(-c3cc4c5c(c3)N(c3ccccc3)c3ccc6ccccc6c3B5c3c(ccc5ccccc35)N4c3ccccc3)ccc21. The molecule has 0 bridgehead atoms. The van der Waals surface area contributed by atoms with Gasteiger partial charge in [0.25, 0.3) is 6.71 Å². The average Bonchev–Trinajstić information content (AvgIpc) is 3.48. The summed E-state index contributed by atoms with van der Waals surface area (Å²) in [6.45, 7) is 4.72. The molecule has 0 saturated carbocycles. The summed E-state index contributed by atoms with van der Waals surface area (Å²) < 4.78 is 0. The Kier molecular flexibility index (Phi) is 6.52. The fourth-order valence-electron chi connectivity index (χ4n) is 10.3. The third kappa shape index (κ3) is 4.28. The van der Waals surface area contributed by atoms with Crippen LogP contribution in [0.4, 0.5) is 34.1 Å². The second-order valence-corrected chi connectivity index (χ2v) is 16.1. The van der Waals surface area contributed by atoms with Crippen molar-refractivity contribution in [1.82, 2.24) is 0 Å². The van der Waals surface area contributed by atoms with Crippen LogP contribution in [0.3, 0.4) is 0 Å². The van der Waals surface area contributed by atoms with E-state index >= 15 is 0 Å². The van der Waals surface area contributed by atoms with Gasteiger partial charge < -0.3 is 9.80 Å². The van der Waals surface area contributed by atoms with E-state index in [4.69, 9.17) is 0 Å². The molecule has 2 heterocycles. The Labute approximate surface area is 328 Å². The Balaban J connectivity index is 1.23. The molecule has 9 aromatic rings. The molecule has 12 rings (SSSR count). The highest BCUT2D eigenvalue weighted by molar-refractivity contribution is 7.02. The molecule has 3 heteroatoms. The monoisotopic (exact) mass is 712 g/mol. The summed E-state index contributed by atoms with van der Waals surface area (Å²) >= 11 is 0. The van der Waals surface area contributed by atoms with Crippen LogP contribution in [0.25, 0.3) is 43.8 Å². The fraction of sp³-hybridized carbons (Fsp3) is 0.0566. The molecule has 3 aliphatic rings. The largest absolute Gasteiger partial charge is 0.311 e. The Morgan fingerprint density at radius 1 is 0.375 bits per heavy atom. The normalized spacial score (nSPS) is 14.3. The van der Waals surface area contributed by atoms with Gasteiger partial charge >= 0.3 is 0 Å².